The molecule has 0 aromatic heterocycles. The molecule has 0 aliphatic heterocycles. The quantitative estimate of drug-likeness (QED) is 0.767. The summed E-state index contributed by atoms with van der Waals surface area (Å²) in [5.74, 6) is 0. The van der Waals surface area contributed by atoms with Crippen LogP contribution >= 0.6 is 15.9 Å². The average Bonchev–Trinajstić information content (AvgIpc) is 2.12. The number of anilines is 1. The highest BCUT2D eigenvalue weighted by atomic mass is 79.9. The minimum atomic E-state index is -0.0799. The van der Waals surface area contributed by atoms with Crippen molar-refractivity contribution < 1.29 is 5.11 Å². The fourth-order valence-corrected chi connectivity index (χ4v) is 1.84. The lowest BCUT2D eigenvalue weighted by molar-refractivity contribution is 0.276. The number of halogens is 1. The number of nitrogens with one attached hydrogen (secondary N) is 1. The van der Waals surface area contributed by atoms with E-state index in [2.05, 4.69) is 21.2 Å². The molecule has 0 amide bonds. The number of nitrogens with two attached hydrogens (primary N) is 1. The summed E-state index contributed by atoms with van der Waals surface area (Å²) in [5, 5.41) is 12.1. The van der Waals surface area contributed by atoms with Crippen molar-refractivity contribution in [1.82, 2.24) is 0 Å². The van der Waals surface area contributed by atoms with Gasteiger partial charge in [-0.3, -0.25) is 0 Å². The molecule has 4 N–H and O–H groups in total. The van der Waals surface area contributed by atoms with Crippen LogP contribution in [0.1, 0.15) is 5.56 Å². The maximum Gasteiger partial charge on any atom is 0.0645 e. The highest BCUT2D eigenvalue weighted by Gasteiger charge is 2.04. The van der Waals surface area contributed by atoms with Gasteiger partial charge in [-0.2, -0.15) is 0 Å². The van der Waals surface area contributed by atoms with Gasteiger partial charge in [0.25, 0.3) is 0 Å². The van der Waals surface area contributed by atoms with Crippen molar-refractivity contribution in [3.8, 4) is 0 Å². The van der Waals surface area contributed by atoms with Gasteiger partial charge in [-0.1, -0.05) is 15.9 Å². The molecule has 14 heavy (non-hydrogen) atoms. The van der Waals surface area contributed by atoms with Crippen molar-refractivity contribution in [3.05, 3.63) is 28.2 Å². The lowest BCUT2D eigenvalue weighted by Crippen LogP contribution is -2.32. The number of rotatable bonds is 4. The second-order valence-electron chi connectivity index (χ2n) is 3.28. The number of aliphatic hydroxyl groups is 1. The molecule has 0 saturated carbocycles. The van der Waals surface area contributed by atoms with Gasteiger partial charge in [0.05, 0.1) is 12.6 Å². The Bertz CT molecular complexity index is 280. The highest BCUT2D eigenvalue weighted by Crippen LogP contribution is 2.19. The molecule has 0 aliphatic rings. The van der Waals surface area contributed by atoms with E-state index in [1.807, 2.05) is 25.1 Å². The summed E-state index contributed by atoms with van der Waals surface area (Å²) in [6, 6.07) is 5.93. The number of hydrogen-bond donors (Lipinski definition) is 3. The Morgan fingerprint density at radius 1 is 1.50 bits per heavy atom. The van der Waals surface area contributed by atoms with Crippen molar-refractivity contribution in [2.75, 3.05) is 18.5 Å². The zero-order valence-electron chi connectivity index (χ0n) is 8.13. The number of aliphatic hydroxyl groups excluding tert-OH is 1. The Balaban J connectivity index is 2.75. The third-order valence-electron chi connectivity index (χ3n) is 1.92. The van der Waals surface area contributed by atoms with E-state index >= 15 is 0 Å². The molecule has 0 radical (unpaired) electrons. The van der Waals surface area contributed by atoms with E-state index in [4.69, 9.17) is 10.8 Å². The molecule has 0 heterocycles. The van der Waals surface area contributed by atoms with Crippen LogP contribution in [-0.2, 0) is 0 Å². The van der Waals surface area contributed by atoms with Crippen LogP contribution in [-0.4, -0.2) is 24.3 Å². The van der Waals surface area contributed by atoms with Gasteiger partial charge in [-0.05, 0) is 30.7 Å². The second-order valence-corrected chi connectivity index (χ2v) is 4.19. The zero-order valence-corrected chi connectivity index (χ0v) is 9.71. The standard InChI is InChI=1S/C10H15BrN2O/c1-7-2-8(11)4-9(3-7)13-10(5-12)6-14/h2-4,10,13-14H,5-6,12H2,1H3. The maximum atomic E-state index is 8.97. The first kappa shape index (κ1) is 11.5. The molecule has 1 aromatic carbocycles. The SMILES string of the molecule is Cc1cc(Br)cc(NC(CN)CO)c1. The van der Waals surface area contributed by atoms with Crippen LogP contribution in [0.15, 0.2) is 22.7 Å². The van der Waals surface area contributed by atoms with Gasteiger partial charge < -0.3 is 16.2 Å². The molecule has 1 unspecified atom stereocenters. The summed E-state index contributed by atoms with van der Waals surface area (Å²) in [7, 11) is 0. The first-order valence-electron chi connectivity index (χ1n) is 4.50. The van der Waals surface area contributed by atoms with Gasteiger partial charge in [0.2, 0.25) is 0 Å². The lowest BCUT2D eigenvalue weighted by Gasteiger charge is -2.15. The molecule has 78 valence electrons. The Labute approximate surface area is 92.4 Å². The van der Waals surface area contributed by atoms with E-state index in [0.29, 0.717) is 6.54 Å². The predicted molar refractivity (Wildman–Crippen MR) is 62.4 cm³/mol. The Morgan fingerprint density at radius 2 is 2.21 bits per heavy atom. The van der Waals surface area contributed by atoms with Crippen LogP contribution in [0.2, 0.25) is 0 Å². The van der Waals surface area contributed by atoms with Crippen molar-refractivity contribution in [1.29, 1.82) is 0 Å². The summed E-state index contributed by atoms with van der Waals surface area (Å²) in [6.45, 7) is 2.48. The molecule has 1 atom stereocenters. The predicted octanol–water partition coefficient (Wildman–Crippen LogP) is 1.49. The Morgan fingerprint density at radius 3 is 2.71 bits per heavy atom. The first-order chi connectivity index (χ1) is 6.65. The summed E-state index contributed by atoms with van der Waals surface area (Å²) >= 11 is 3.41. The fraction of sp³-hybridized carbons (Fsp3) is 0.400. The number of benzene rings is 1. The van der Waals surface area contributed by atoms with Gasteiger partial charge in [-0.25, -0.2) is 0 Å². The van der Waals surface area contributed by atoms with Crippen molar-refractivity contribution in [3.63, 3.8) is 0 Å². The summed E-state index contributed by atoms with van der Waals surface area (Å²) in [5.41, 5.74) is 7.61. The monoisotopic (exact) mass is 258 g/mol. The van der Waals surface area contributed by atoms with Crippen LogP contribution in [0, 0.1) is 6.92 Å². The summed E-state index contributed by atoms with van der Waals surface area (Å²) in [4.78, 5) is 0. The van der Waals surface area contributed by atoms with E-state index in [9.17, 15) is 0 Å². The normalized spacial score (nSPS) is 12.6. The van der Waals surface area contributed by atoms with Crippen LogP contribution in [0.3, 0.4) is 0 Å². The van der Waals surface area contributed by atoms with Crippen LogP contribution in [0.4, 0.5) is 5.69 Å². The summed E-state index contributed by atoms with van der Waals surface area (Å²) in [6.07, 6.45) is 0. The first-order valence-corrected chi connectivity index (χ1v) is 5.29. The minimum absolute atomic E-state index is 0.0437. The number of hydrogen-bond acceptors (Lipinski definition) is 3. The minimum Gasteiger partial charge on any atom is -0.394 e. The Hall–Kier alpha value is -0.580. The van der Waals surface area contributed by atoms with Gasteiger partial charge in [0.1, 0.15) is 0 Å². The molecular weight excluding hydrogens is 244 g/mol. The molecule has 4 heteroatoms. The Kier molecular flexibility index (Phi) is 4.38. The van der Waals surface area contributed by atoms with Gasteiger partial charge in [-0.15, -0.1) is 0 Å². The van der Waals surface area contributed by atoms with E-state index in [-0.39, 0.29) is 12.6 Å². The molecule has 0 bridgehead atoms. The third kappa shape index (κ3) is 3.29. The van der Waals surface area contributed by atoms with E-state index < -0.39 is 0 Å². The van der Waals surface area contributed by atoms with Gasteiger partial charge in [0.15, 0.2) is 0 Å². The topological polar surface area (TPSA) is 58.3 Å². The molecule has 0 aliphatic carbocycles. The smallest absolute Gasteiger partial charge is 0.0645 e. The maximum absolute atomic E-state index is 8.97. The average molecular weight is 259 g/mol. The largest absolute Gasteiger partial charge is 0.394 e. The van der Waals surface area contributed by atoms with E-state index in [0.717, 1.165) is 15.7 Å². The molecule has 1 aromatic rings. The fourth-order valence-electron chi connectivity index (χ4n) is 1.23. The van der Waals surface area contributed by atoms with Crippen molar-refractivity contribution >= 4 is 21.6 Å². The van der Waals surface area contributed by atoms with Crippen molar-refractivity contribution in [2.24, 2.45) is 5.73 Å². The molecular formula is C10H15BrN2O. The van der Waals surface area contributed by atoms with E-state index in [1.165, 1.54) is 0 Å². The van der Waals surface area contributed by atoms with Gasteiger partial charge >= 0.3 is 0 Å². The van der Waals surface area contributed by atoms with Crippen LogP contribution in [0.25, 0.3) is 0 Å². The molecule has 0 saturated heterocycles. The summed E-state index contributed by atoms with van der Waals surface area (Å²) < 4.78 is 1.02. The third-order valence-corrected chi connectivity index (χ3v) is 2.38. The highest BCUT2D eigenvalue weighted by molar-refractivity contribution is 9.10. The van der Waals surface area contributed by atoms with Crippen molar-refractivity contribution in [2.45, 2.75) is 13.0 Å². The van der Waals surface area contributed by atoms with Crippen LogP contribution < -0.4 is 11.1 Å². The van der Waals surface area contributed by atoms with E-state index in [1.54, 1.807) is 0 Å². The lowest BCUT2D eigenvalue weighted by atomic mass is 10.2. The number of aryl methyl sites for hydroxylation is 1. The zero-order chi connectivity index (χ0) is 10.6. The molecule has 3 nitrogen and oxygen atoms in total. The molecule has 1 rings (SSSR count). The van der Waals surface area contributed by atoms with Crippen LogP contribution in [0.5, 0.6) is 0 Å². The molecule has 0 fully saturated rings. The molecule has 0 spiro atoms. The second kappa shape index (κ2) is 5.34. The van der Waals surface area contributed by atoms with Gasteiger partial charge in [0, 0.05) is 16.7 Å².